The number of anilines is 2. The number of halogens is 1. The number of piperazine rings is 1. The fraction of sp³-hybridized carbons (Fsp3) is 0.519. The predicted octanol–water partition coefficient (Wildman–Crippen LogP) is 4.86. The van der Waals surface area contributed by atoms with E-state index in [0.717, 1.165) is 29.7 Å². The zero-order valence-corrected chi connectivity index (χ0v) is 22.2. The van der Waals surface area contributed by atoms with E-state index in [2.05, 4.69) is 24.1 Å². The van der Waals surface area contributed by atoms with Crippen LogP contribution in [0.1, 0.15) is 52.1 Å². The number of aromatic nitrogens is 3. The summed E-state index contributed by atoms with van der Waals surface area (Å²) < 4.78 is 1.83. The van der Waals surface area contributed by atoms with Crippen molar-refractivity contribution >= 4 is 40.2 Å². The number of rotatable bonds is 7. The number of nitrogens with one attached hydrogen (secondary N) is 1. The van der Waals surface area contributed by atoms with E-state index in [4.69, 9.17) is 21.6 Å². The van der Waals surface area contributed by atoms with E-state index in [0.29, 0.717) is 43.5 Å². The molecule has 3 aromatic rings. The van der Waals surface area contributed by atoms with Crippen LogP contribution in [0.4, 0.5) is 11.8 Å². The van der Waals surface area contributed by atoms with Crippen LogP contribution in [0.3, 0.4) is 0 Å². The monoisotopic (exact) mass is 510 g/mol. The minimum atomic E-state index is -0.322. The van der Waals surface area contributed by atoms with Gasteiger partial charge in [-0.1, -0.05) is 23.7 Å². The van der Waals surface area contributed by atoms with E-state index >= 15 is 0 Å². The van der Waals surface area contributed by atoms with E-state index < -0.39 is 0 Å². The van der Waals surface area contributed by atoms with E-state index in [-0.39, 0.29) is 29.3 Å². The lowest BCUT2D eigenvalue weighted by atomic mass is 9.95. The average molecular weight is 511 g/mol. The van der Waals surface area contributed by atoms with E-state index in [1.54, 1.807) is 0 Å². The molecule has 0 atom stereocenters. The van der Waals surface area contributed by atoms with Crippen LogP contribution in [-0.2, 0) is 11.2 Å². The van der Waals surface area contributed by atoms with Crippen molar-refractivity contribution in [2.24, 2.45) is 5.92 Å². The molecule has 9 heteroatoms. The van der Waals surface area contributed by atoms with E-state index in [9.17, 15) is 9.90 Å². The molecule has 192 valence electrons. The van der Waals surface area contributed by atoms with Crippen molar-refractivity contribution < 1.29 is 9.90 Å². The molecular formula is C27H35ClN6O2. The number of hydrogen-bond acceptors (Lipinski definition) is 6. The summed E-state index contributed by atoms with van der Waals surface area (Å²) in [5, 5.41) is 16.2. The first-order valence-electron chi connectivity index (χ1n) is 12.8. The lowest BCUT2D eigenvalue weighted by Gasteiger charge is -2.35. The molecule has 0 spiro atoms. The SMILES string of the molecule is CC(C)n1cc2c(NC(C)(C)Cc3ccc(Cl)cc3)nc(N3CCN(C(=O)C4CC4)CC3)nc2c1O. The Morgan fingerprint density at radius 2 is 1.81 bits per heavy atom. The Hall–Kier alpha value is -3.00. The van der Waals surface area contributed by atoms with Crippen LogP contribution in [0.5, 0.6) is 5.88 Å². The van der Waals surface area contributed by atoms with Crippen LogP contribution in [0.25, 0.3) is 10.9 Å². The number of benzene rings is 1. The van der Waals surface area contributed by atoms with Gasteiger partial charge in [-0.25, -0.2) is 4.98 Å². The van der Waals surface area contributed by atoms with Gasteiger partial charge in [0.15, 0.2) is 0 Å². The lowest BCUT2D eigenvalue weighted by molar-refractivity contribution is -0.132. The van der Waals surface area contributed by atoms with Crippen molar-refractivity contribution in [3.05, 3.63) is 41.0 Å². The van der Waals surface area contributed by atoms with Gasteiger partial charge in [-0.15, -0.1) is 0 Å². The van der Waals surface area contributed by atoms with Crippen LogP contribution < -0.4 is 10.2 Å². The van der Waals surface area contributed by atoms with Crippen molar-refractivity contribution in [2.75, 3.05) is 36.4 Å². The molecular weight excluding hydrogens is 476 g/mol. The second kappa shape index (κ2) is 9.47. The summed E-state index contributed by atoms with van der Waals surface area (Å²) in [6.45, 7) is 11.0. The Balaban J connectivity index is 1.44. The Bertz CT molecular complexity index is 1260. The van der Waals surface area contributed by atoms with Gasteiger partial charge in [-0.2, -0.15) is 4.98 Å². The smallest absolute Gasteiger partial charge is 0.228 e. The van der Waals surface area contributed by atoms with Gasteiger partial charge in [-0.05, 0) is 64.7 Å². The predicted molar refractivity (Wildman–Crippen MR) is 144 cm³/mol. The third kappa shape index (κ3) is 5.09. The topological polar surface area (TPSA) is 86.5 Å². The van der Waals surface area contributed by atoms with Crippen molar-refractivity contribution in [3.63, 3.8) is 0 Å². The van der Waals surface area contributed by atoms with Gasteiger partial charge in [0.25, 0.3) is 0 Å². The first-order valence-corrected chi connectivity index (χ1v) is 13.2. The summed E-state index contributed by atoms with van der Waals surface area (Å²) in [4.78, 5) is 26.3. The van der Waals surface area contributed by atoms with Crippen LogP contribution in [0.2, 0.25) is 5.02 Å². The van der Waals surface area contributed by atoms with E-state index in [1.165, 1.54) is 5.56 Å². The second-order valence-corrected chi connectivity index (χ2v) is 11.4. The highest BCUT2D eigenvalue weighted by Crippen LogP contribution is 2.36. The van der Waals surface area contributed by atoms with Gasteiger partial charge in [0.2, 0.25) is 17.7 Å². The first-order chi connectivity index (χ1) is 17.1. The van der Waals surface area contributed by atoms with Crippen LogP contribution >= 0.6 is 11.6 Å². The number of amides is 1. The summed E-state index contributed by atoms with van der Waals surface area (Å²) in [5.41, 5.74) is 1.38. The molecule has 1 saturated carbocycles. The molecule has 8 nitrogen and oxygen atoms in total. The molecule has 5 rings (SSSR count). The molecule has 0 unspecified atom stereocenters. The molecule has 3 heterocycles. The van der Waals surface area contributed by atoms with Crippen LogP contribution in [-0.4, -0.2) is 62.2 Å². The fourth-order valence-electron chi connectivity index (χ4n) is 4.90. The molecule has 2 N–H and O–H groups in total. The van der Waals surface area contributed by atoms with Crippen LogP contribution in [0.15, 0.2) is 30.5 Å². The van der Waals surface area contributed by atoms with Crippen molar-refractivity contribution in [1.82, 2.24) is 19.4 Å². The number of carbonyl (C=O) groups excluding carboxylic acids is 1. The molecule has 2 fully saturated rings. The number of aromatic hydroxyl groups is 1. The number of hydrogen-bond donors (Lipinski definition) is 2. The zero-order chi connectivity index (χ0) is 25.6. The summed E-state index contributed by atoms with van der Waals surface area (Å²) in [6.07, 6.45) is 4.73. The van der Waals surface area contributed by atoms with Crippen molar-refractivity contribution in [2.45, 2.75) is 58.5 Å². The Labute approximate surface area is 217 Å². The Kier molecular flexibility index (Phi) is 6.49. The molecule has 2 aromatic heterocycles. The highest BCUT2D eigenvalue weighted by Gasteiger charge is 2.35. The van der Waals surface area contributed by atoms with Gasteiger partial charge in [0, 0.05) is 54.9 Å². The average Bonchev–Trinajstić information content (AvgIpc) is 3.63. The molecule has 1 aliphatic heterocycles. The molecule has 36 heavy (non-hydrogen) atoms. The van der Waals surface area contributed by atoms with Crippen LogP contribution in [0, 0.1) is 5.92 Å². The molecule has 1 saturated heterocycles. The standard InChI is InChI=1S/C27H35ClN6O2/c1-17(2)34-16-21-22(25(34)36)29-26(33-13-11-32(12-14-33)24(35)19-7-8-19)30-23(21)31-27(3,4)15-18-5-9-20(28)10-6-18/h5-6,9-10,16-17,19,36H,7-8,11-15H2,1-4H3,(H,29,30,31). The summed E-state index contributed by atoms with van der Waals surface area (Å²) in [7, 11) is 0. The minimum absolute atomic E-state index is 0.0783. The van der Waals surface area contributed by atoms with Crippen molar-refractivity contribution in [1.29, 1.82) is 0 Å². The molecule has 2 aliphatic rings. The number of carbonyl (C=O) groups is 1. The third-order valence-electron chi connectivity index (χ3n) is 7.03. The number of nitrogens with zero attached hydrogens (tertiary/aromatic N) is 5. The normalized spacial score (nSPS) is 16.7. The molecule has 0 bridgehead atoms. The maximum atomic E-state index is 12.5. The maximum absolute atomic E-state index is 12.5. The highest BCUT2D eigenvalue weighted by atomic mass is 35.5. The second-order valence-electron chi connectivity index (χ2n) is 11.0. The number of fused-ring (bicyclic) bond motifs is 1. The summed E-state index contributed by atoms with van der Waals surface area (Å²) >= 11 is 6.07. The van der Waals surface area contributed by atoms with Gasteiger partial charge < -0.3 is 24.8 Å². The molecule has 1 aliphatic carbocycles. The molecule has 1 aromatic carbocycles. The van der Waals surface area contributed by atoms with Gasteiger partial charge in [0.05, 0.1) is 5.39 Å². The van der Waals surface area contributed by atoms with Gasteiger partial charge in [0.1, 0.15) is 11.3 Å². The fourth-order valence-corrected chi connectivity index (χ4v) is 5.02. The first kappa shape index (κ1) is 24.7. The summed E-state index contributed by atoms with van der Waals surface area (Å²) in [6, 6.07) is 7.96. The van der Waals surface area contributed by atoms with Gasteiger partial charge in [-0.3, -0.25) is 4.79 Å². The Morgan fingerprint density at radius 3 is 2.42 bits per heavy atom. The largest absolute Gasteiger partial charge is 0.493 e. The van der Waals surface area contributed by atoms with E-state index in [1.807, 2.05) is 53.8 Å². The quantitative estimate of drug-likeness (QED) is 0.472. The third-order valence-corrected chi connectivity index (χ3v) is 7.28. The molecule has 0 radical (unpaired) electrons. The highest BCUT2D eigenvalue weighted by molar-refractivity contribution is 6.30. The minimum Gasteiger partial charge on any atom is -0.493 e. The zero-order valence-electron chi connectivity index (χ0n) is 21.5. The Morgan fingerprint density at radius 1 is 1.14 bits per heavy atom. The van der Waals surface area contributed by atoms with Crippen molar-refractivity contribution in [3.8, 4) is 5.88 Å². The lowest BCUT2D eigenvalue weighted by Crippen LogP contribution is -2.49. The van der Waals surface area contributed by atoms with Gasteiger partial charge >= 0.3 is 0 Å². The molecule has 1 amide bonds. The summed E-state index contributed by atoms with van der Waals surface area (Å²) in [5.74, 6) is 1.92. The maximum Gasteiger partial charge on any atom is 0.228 e.